The van der Waals surface area contributed by atoms with Gasteiger partial charge in [0.2, 0.25) is 11.7 Å². The molecule has 0 bridgehead atoms. The van der Waals surface area contributed by atoms with Gasteiger partial charge in [-0.25, -0.2) is 9.97 Å². The normalized spacial score (nSPS) is 17.7. The van der Waals surface area contributed by atoms with Gasteiger partial charge in [0.1, 0.15) is 0 Å². The molecule has 1 saturated heterocycles. The van der Waals surface area contributed by atoms with Crippen LogP contribution in [0.2, 0.25) is 0 Å². The quantitative estimate of drug-likeness (QED) is 0.294. The molecule has 0 atom stereocenters. The van der Waals surface area contributed by atoms with Gasteiger partial charge in [-0.2, -0.15) is 5.10 Å². The summed E-state index contributed by atoms with van der Waals surface area (Å²) in [6.07, 6.45) is 4.72. The Morgan fingerprint density at radius 1 is 1.10 bits per heavy atom. The predicted octanol–water partition coefficient (Wildman–Crippen LogP) is 4.68. The molecule has 0 radical (unpaired) electrons. The molecule has 1 amide bonds. The van der Waals surface area contributed by atoms with Crippen LogP contribution in [0.25, 0.3) is 0 Å². The summed E-state index contributed by atoms with van der Waals surface area (Å²) in [5.74, 6) is 3.91. The van der Waals surface area contributed by atoms with Gasteiger partial charge < -0.3 is 20.3 Å². The number of benzene rings is 1. The number of carbonyl (C=O) groups excluding carboxylic acids is 1. The van der Waals surface area contributed by atoms with E-state index in [1.54, 1.807) is 0 Å². The van der Waals surface area contributed by atoms with E-state index in [1.807, 2.05) is 44.2 Å². The summed E-state index contributed by atoms with van der Waals surface area (Å²) in [6.45, 7) is 9.48. The maximum atomic E-state index is 12.1. The minimum absolute atomic E-state index is 0.108. The lowest BCUT2D eigenvalue weighted by Crippen LogP contribution is -2.47. The van der Waals surface area contributed by atoms with E-state index in [-0.39, 0.29) is 11.8 Å². The molecule has 2 aliphatic carbocycles. The third-order valence-electron chi connectivity index (χ3n) is 7.23. The largest absolute Gasteiger partial charge is 0.487 e. The van der Waals surface area contributed by atoms with Crippen molar-refractivity contribution in [3.05, 3.63) is 36.0 Å². The van der Waals surface area contributed by atoms with Gasteiger partial charge in [-0.05, 0) is 81.5 Å². The fourth-order valence-corrected chi connectivity index (χ4v) is 5.51. The van der Waals surface area contributed by atoms with Gasteiger partial charge in [0, 0.05) is 61.0 Å². The Labute approximate surface area is 233 Å². The number of aryl methyl sites for hydroxylation is 1. The first-order chi connectivity index (χ1) is 19.0. The second kappa shape index (κ2) is 11.4. The number of carbonyl (C=O) groups is 1. The molecule has 3 heterocycles. The summed E-state index contributed by atoms with van der Waals surface area (Å²) >= 11 is 1.49. The lowest BCUT2D eigenvalue weighted by Gasteiger charge is -2.36. The van der Waals surface area contributed by atoms with Gasteiger partial charge in [0.15, 0.2) is 22.6 Å². The van der Waals surface area contributed by atoms with Crippen molar-refractivity contribution in [1.29, 1.82) is 0 Å². The van der Waals surface area contributed by atoms with Gasteiger partial charge in [0.05, 0.1) is 6.61 Å². The second-order valence-electron chi connectivity index (χ2n) is 10.6. The van der Waals surface area contributed by atoms with Crippen molar-refractivity contribution < 1.29 is 9.53 Å². The van der Waals surface area contributed by atoms with E-state index in [0.29, 0.717) is 29.1 Å². The van der Waals surface area contributed by atoms with Crippen molar-refractivity contribution >= 4 is 40.8 Å². The molecular formula is C28H36N8O2S. The zero-order valence-corrected chi connectivity index (χ0v) is 23.4. The first kappa shape index (κ1) is 25.9. The maximum absolute atomic E-state index is 12.1. The Balaban J connectivity index is 1.25. The lowest BCUT2D eigenvalue weighted by molar-refractivity contribution is -0.117. The van der Waals surface area contributed by atoms with E-state index in [2.05, 4.69) is 30.6 Å². The SMILES string of the molecule is CCOc1c(Nc2cc(C)[nH]n2)nc(Sc2ccc(NC(=O)C3CC3)cc2)nc1N1CCN(CC2CC2)CC1. The first-order valence-electron chi connectivity index (χ1n) is 13.9. The Morgan fingerprint density at radius 3 is 2.51 bits per heavy atom. The van der Waals surface area contributed by atoms with E-state index < -0.39 is 0 Å². The van der Waals surface area contributed by atoms with Crippen LogP contribution < -0.4 is 20.3 Å². The number of nitrogens with zero attached hydrogens (tertiary/aromatic N) is 5. The number of anilines is 4. The standard InChI is InChI=1S/C28H36N8O2S/c1-3-38-24-25(30-23-16-18(2)33-34-23)31-28(32-26(24)36-14-12-35(13-15-36)17-19-4-5-19)39-22-10-8-21(9-11-22)29-27(37)20-6-7-20/h8-11,16,19-20H,3-7,12-15,17H2,1-2H3,(H,29,37)(H2,30,31,32,33,34). The third-order valence-corrected chi connectivity index (χ3v) is 8.11. The van der Waals surface area contributed by atoms with Crippen molar-refractivity contribution in [2.45, 2.75) is 49.6 Å². The maximum Gasteiger partial charge on any atom is 0.227 e. The molecule has 2 saturated carbocycles. The number of piperazine rings is 1. The molecular weight excluding hydrogens is 512 g/mol. The molecule has 3 N–H and O–H groups in total. The molecule has 0 unspecified atom stereocenters. The molecule has 3 aromatic rings. The molecule has 11 heteroatoms. The van der Waals surface area contributed by atoms with Gasteiger partial charge in [-0.1, -0.05) is 0 Å². The van der Waals surface area contributed by atoms with Crippen LogP contribution in [0.5, 0.6) is 5.75 Å². The number of ether oxygens (including phenoxy) is 1. The smallest absolute Gasteiger partial charge is 0.227 e. The summed E-state index contributed by atoms with van der Waals surface area (Å²) in [5.41, 5.74) is 1.77. The minimum atomic E-state index is 0.108. The van der Waals surface area contributed by atoms with Crippen LogP contribution in [0.4, 0.5) is 23.1 Å². The lowest BCUT2D eigenvalue weighted by atomic mass is 10.2. The van der Waals surface area contributed by atoms with Crippen LogP contribution in [-0.2, 0) is 4.79 Å². The molecule has 1 aromatic carbocycles. The zero-order valence-electron chi connectivity index (χ0n) is 22.6. The summed E-state index contributed by atoms with van der Waals surface area (Å²) in [6, 6.07) is 9.79. The first-order valence-corrected chi connectivity index (χ1v) is 14.8. The van der Waals surface area contributed by atoms with E-state index in [4.69, 9.17) is 14.7 Å². The van der Waals surface area contributed by atoms with Crippen LogP contribution in [0.15, 0.2) is 40.4 Å². The molecule has 39 heavy (non-hydrogen) atoms. The average Bonchev–Trinajstić information content (AvgIpc) is 3.87. The molecule has 0 spiro atoms. The molecule has 6 rings (SSSR count). The Kier molecular flexibility index (Phi) is 7.60. The number of aromatic nitrogens is 4. The van der Waals surface area contributed by atoms with Crippen LogP contribution in [-0.4, -0.2) is 70.3 Å². The zero-order chi connectivity index (χ0) is 26.8. The highest BCUT2D eigenvalue weighted by molar-refractivity contribution is 7.99. The topological polar surface area (TPSA) is 111 Å². The number of H-pyrrole nitrogens is 1. The fraction of sp³-hybridized carbons (Fsp3) is 0.500. The second-order valence-corrected chi connectivity index (χ2v) is 11.7. The minimum Gasteiger partial charge on any atom is -0.487 e. The van der Waals surface area contributed by atoms with E-state index in [1.165, 1.54) is 31.1 Å². The molecule has 3 fully saturated rings. The molecule has 206 valence electrons. The Bertz CT molecular complexity index is 1300. The summed E-state index contributed by atoms with van der Waals surface area (Å²) < 4.78 is 6.15. The number of rotatable bonds is 11. The van der Waals surface area contributed by atoms with Crippen molar-refractivity contribution in [3.8, 4) is 5.75 Å². The molecule has 2 aromatic heterocycles. The predicted molar refractivity (Wildman–Crippen MR) is 153 cm³/mol. The van der Waals surface area contributed by atoms with Crippen molar-refractivity contribution in [2.24, 2.45) is 11.8 Å². The number of aromatic amines is 1. The molecule has 10 nitrogen and oxygen atoms in total. The fourth-order valence-electron chi connectivity index (χ4n) is 4.75. The van der Waals surface area contributed by atoms with E-state index in [0.717, 1.165) is 67.0 Å². The number of nitrogens with one attached hydrogen (secondary N) is 3. The van der Waals surface area contributed by atoms with Gasteiger partial charge >= 0.3 is 0 Å². The van der Waals surface area contributed by atoms with Gasteiger partial charge in [-0.15, -0.1) is 0 Å². The summed E-state index contributed by atoms with van der Waals surface area (Å²) in [7, 11) is 0. The van der Waals surface area contributed by atoms with Crippen LogP contribution in [0.3, 0.4) is 0 Å². The van der Waals surface area contributed by atoms with E-state index in [9.17, 15) is 4.79 Å². The molecule has 1 aliphatic heterocycles. The highest BCUT2D eigenvalue weighted by Gasteiger charge is 2.30. The molecule has 3 aliphatic rings. The van der Waals surface area contributed by atoms with Crippen molar-refractivity contribution in [1.82, 2.24) is 25.1 Å². The highest BCUT2D eigenvalue weighted by atomic mass is 32.2. The van der Waals surface area contributed by atoms with Crippen molar-refractivity contribution in [2.75, 3.05) is 54.9 Å². The van der Waals surface area contributed by atoms with Gasteiger partial charge in [-0.3, -0.25) is 14.8 Å². The highest BCUT2D eigenvalue weighted by Crippen LogP contribution is 2.39. The summed E-state index contributed by atoms with van der Waals surface area (Å²) in [5, 5.41) is 14.3. The number of hydrogen-bond donors (Lipinski definition) is 3. The van der Waals surface area contributed by atoms with Crippen LogP contribution in [0.1, 0.15) is 38.3 Å². The van der Waals surface area contributed by atoms with Crippen molar-refractivity contribution in [3.63, 3.8) is 0 Å². The van der Waals surface area contributed by atoms with E-state index >= 15 is 0 Å². The van der Waals surface area contributed by atoms with Crippen LogP contribution >= 0.6 is 11.8 Å². The summed E-state index contributed by atoms with van der Waals surface area (Å²) in [4.78, 5) is 27.9. The monoisotopic (exact) mass is 548 g/mol. The van der Waals surface area contributed by atoms with Crippen LogP contribution in [0, 0.1) is 18.8 Å². The average molecular weight is 549 g/mol. The number of amides is 1. The number of hydrogen-bond acceptors (Lipinski definition) is 9. The van der Waals surface area contributed by atoms with Gasteiger partial charge in [0.25, 0.3) is 0 Å². The third kappa shape index (κ3) is 6.65. The Hall–Kier alpha value is -3.31. The Morgan fingerprint density at radius 2 is 1.87 bits per heavy atom.